The van der Waals surface area contributed by atoms with Crippen LogP contribution in [0.2, 0.25) is 0 Å². The van der Waals surface area contributed by atoms with Gasteiger partial charge >= 0.3 is 6.03 Å². The lowest BCUT2D eigenvalue weighted by Gasteiger charge is -2.06. The van der Waals surface area contributed by atoms with Crippen molar-refractivity contribution in [1.29, 1.82) is 0 Å². The highest BCUT2D eigenvalue weighted by atomic mass is 32.2. The van der Waals surface area contributed by atoms with Gasteiger partial charge in [-0.15, -0.1) is 5.11 Å². The molecule has 0 bridgehead atoms. The van der Waals surface area contributed by atoms with Gasteiger partial charge in [-0.3, -0.25) is 4.55 Å². The Hall–Kier alpha value is -2.78. The van der Waals surface area contributed by atoms with Gasteiger partial charge in [0.2, 0.25) is 0 Å². The number of carbonyl (C=O) groups is 1. The molecule has 0 aliphatic carbocycles. The molecule has 0 fully saturated rings. The molecule has 4 N–H and O–H groups in total. The van der Waals surface area contributed by atoms with Gasteiger partial charge in [-0.05, 0) is 42.8 Å². The van der Waals surface area contributed by atoms with Crippen molar-refractivity contribution in [3.63, 3.8) is 0 Å². The van der Waals surface area contributed by atoms with E-state index in [-0.39, 0.29) is 10.6 Å². The van der Waals surface area contributed by atoms with E-state index < -0.39 is 16.1 Å². The van der Waals surface area contributed by atoms with Crippen molar-refractivity contribution in [2.24, 2.45) is 16.0 Å². The van der Waals surface area contributed by atoms with Gasteiger partial charge in [0.1, 0.15) is 5.69 Å². The predicted molar refractivity (Wildman–Crippen MR) is 84.8 cm³/mol. The molecule has 23 heavy (non-hydrogen) atoms. The van der Waals surface area contributed by atoms with Gasteiger partial charge in [0.15, 0.2) is 0 Å². The highest BCUT2D eigenvalue weighted by Crippen LogP contribution is 2.28. The number of hydrogen-bond donors (Lipinski definition) is 3. The molecule has 0 unspecified atom stereocenters. The summed E-state index contributed by atoms with van der Waals surface area (Å²) >= 11 is 0. The van der Waals surface area contributed by atoms with E-state index in [4.69, 9.17) is 10.3 Å². The van der Waals surface area contributed by atoms with Crippen molar-refractivity contribution in [3.8, 4) is 0 Å². The van der Waals surface area contributed by atoms with Crippen LogP contribution in [0.25, 0.3) is 0 Å². The Bertz CT molecular complexity index is 878. The zero-order valence-electron chi connectivity index (χ0n) is 12.1. The number of azo groups is 1. The molecule has 0 heterocycles. The van der Waals surface area contributed by atoms with Gasteiger partial charge in [0, 0.05) is 0 Å². The maximum absolute atomic E-state index is 11.1. The van der Waals surface area contributed by atoms with Gasteiger partial charge in [0.25, 0.3) is 10.1 Å². The topological polar surface area (TPSA) is 134 Å². The van der Waals surface area contributed by atoms with Crippen LogP contribution in [-0.4, -0.2) is 19.0 Å². The number of urea groups is 1. The number of rotatable bonds is 4. The number of carbonyl (C=O) groups excluding carboxylic acids is 1. The Morgan fingerprint density at radius 2 is 1.91 bits per heavy atom. The maximum atomic E-state index is 11.1. The molecule has 2 aromatic rings. The van der Waals surface area contributed by atoms with Crippen LogP contribution in [0.5, 0.6) is 0 Å². The van der Waals surface area contributed by atoms with Crippen molar-refractivity contribution < 1.29 is 17.8 Å². The molecule has 9 heteroatoms. The van der Waals surface area contributed by atoms with Crippen LogP contribution in [0.15, 0.2) is 57.6 Å². The quantitative estimate of drug-likeness (QED) is 0.584. The van der Waals surface area contributed by atoms with Crippen LogP contribution in [0.3, 0.4) is 0 Å². The standard InChI is InChI=1S/C14H14N4O4S/c1-9-5-6-12(13(7-9)16-14(15)19)18-17-10-3-2-4-11(8-10)23(20,21)22/h2-8H,1H3,(H3,15,16,19)(H,20,21,22). The van der Waals surface area contributed by atoms with Crippen molar-refractivity contribution in [1.82, 2.24) is 0 Å². The van der Waals surface area contributed by atoms with E-state index in [1.165, 1.54) is 24.3 Å². The van der Waals surface area contributed by atoms with E-state index in [0.29, 0.717) is 11.4 Å². The summed E-state index contributed by atoms with van der Waals surface area (Å²) in [5.74, 6) is 0. The minimum atomic E-state index is -4.31. The van der Waals surface area contributed by atoms with E-state index in [0.717, 1.165) is 5.56 Å². The third-order valence-electron chi connectivity index (χ3n) is 2.80. The second kappa shape index (κ2) is 6.55. The molecule has 8 nitrogen and oxygen atoms in total. The van der Waals surface area contributed by atoms with Crippen LogP contribution in [-0.2, 0) is 10.1 Å². The average Bonchev–Trinajstić information content (AvgIpc) is 2.45. The average molecular weight is 334 g/mol. The number of nitrogens with zero attached hydrogens (tertiary/aromatic N) is 2. The van der Waals surface area contributed by atoms with Gasteiger partial charge in [0.05, 0.1) is 16.3 Å². The molecule has 2 rings (SSSR count). The van der Waals surface area contributed by atoms with Crippen LogP contribution < -0.4 is 11.1 Å². The number of amides is 2. The smallest absolute Gasteiger partial charge is 0.316 e. The molecule has 120 valence electrons. The number of primary amides is 1. The van der Waals surface area contributed by atoms with Crippen LogP contribution in [0.1, 0.15) is 5.56 Å². The fourth-order valence-corrected chi connectivity index (χ4v) is 2.31. The SMILES string of the molecule is Cc1ccc(N=Nc2cccc(S(=O)(=O)O)c2)c(NC(N)=O)c1. The summed E-state index contributed by atoms with van der Waals surface area (Å²) in [5.41, 5.74) is 6.95. The minimum Gasteiger partial charge on any atom is -0.351 e. The molecule has 0 aliphatic heterocycles. The lowest BCUT2D eigenvalue weighted by molar-refractivity contribution is 0.259. The number of nitrogens with one attached hydrogen (secondary N) is 1. The van der Waals surface area contributed by atoms with Crippen molar-refractivity contribution in [2.75, 3.05) is 5.32 Å². The zero-order valence-corrected chi connectivity index (χ0v) is 12.9. The Balaban J connectivity index is 2.35. The zero-order chi connectivity index (χ0) is 17.0. The molecule has 0 radical (unpaired) electrons. The number of hydrogen-bond acceptors (Lipinski definition) is 5. The summed E-state index contributed by atoms with van der Waals surface area (Å²) in [5, 5.41) is 10.3. The lowest BCUT2D eigenvalue weighted by Crippen LogP contribution is -2.19. The fourth-order valence-electron chi connectivity index (χ4n) is 1.79. The normalized spacial score (nSPS) is 11.6. The number of nitrogens with two attached hydrogens (primary N) is 1. The van der Waals surface area contributed by atoms with E-state index in [1.54, 1.807) is 18.2 Å². The molecule has 2 aromatic carbocycles. The van der Waals surface area contributed by atoms with Crippen molar-refractivity contribution in [2.45, 2.75) is 11.8 Å². The molecular weight excluding hydrogens is 320 g/mol. The second-order valence-electron chi connectivity index (χ2n) is 4.68. The molecule has 0 aliphatic rings. The summed E-state index contributed by atoms with van der Waals surface area (Å²) in [6, 6.07) is 9.71. The first-order valence-corrected chi connectivity index (χ1v) is 7.86. The number of benzene rings is 2. The van der Waals surface area contributed by atoms with Gasteiger partial charge < -0.3 is 11.1 Å². The highest BCUT2D eigenvalue weighted by molar-refractivity contribution is 7.85. The second-order valence-corrected chi connectivity index (χ2v) is 6.10. The van der Waals surface area contributed by atoms with Gasteiger partial charge in [-0.1, -0.05) is 12.1 Å². The van der Waals surface area contributed by atoms with E-state index in [1.807, 2.05) is 6.92 Å². The first-order chi connectivity index (χ1) is 10.8. The number of anilines is 1. The van der Waals surface area contributed by atoms with E-state index in [9.17, 15) is 13.2 Å². The van der Waals surface area contributed by atoms with Crippen LogP contribution in [0.4, 0.5) is 21.9 Å². The largest absolute Gasteiger partial charge is 0.351 e. The first kappa shape index (κ1) is 16.6. The lowest BCUT2D eigenvalue weighted by atomic mass is 10.2. The monoisotopic (exact) mass is 334 g/mol. The van der Waals surface area contributed by atoms with Crippen LogP contribution in [0, 0.1) is 6.92 Å². The van der Waals surface area contributed by atoms with Crippen molar-refractivity contribution in [3.05, 3.63) is 48.0 Å². The summed E-state index contributed by atoms with van der Waals surface area (Å²) in [6.07, 6.45) is 0. The number of aryl methyl sites for hydroxylation is 1. The minimum absolute atomic E-state index is 0.228. The Morgan fingerprint density at radius 1 is 1.17 bits per heavy atom. The van der Waals surface area contributed by atoms with Crippen molar-refractivity contribution >= 4 is 33.2 Å². The predicted octanol–water partition coefficient (Wildman–Crippen LogP) is 3.15. The van der Waals surface area contributed by atoms with E-state index >= 15 is 0 Å². The van der Waals surface area contributed by atoms with Crippen LogP contribution >= 0.6 is 0 Å². The Kier molecular flexibility index (Phi) is 4.72. The third-order valence-corrected chi connectivity index (χ3v) is 3.65. The maximum Gasteiger partial charge on any atom is 0.316 e. The molecule has 2 amide bonds. The molecular formula is C14H14N4O4S. The molecule has 0 spiro atoms. The molecule has 0 saturated heterocycles. The molecule has 0 saturated carbocycles. The summed E-state index contributed by atoms with van der Waals surface area (Å²) in [4.78, 5) is 10.7. The van der Waals surface area contributed by atoms with Gasteiger partial charge in [-0.25, -0.2) is 4.79 Å². The molecule has 0 atom stereocenters. The molecule has 0 aromatic heterocycles. The van der Waals surface area contributed by atoms with E-state index in [2.05, 4.69) is 15.5 Å². The highest BCUT2D eigenvalue weighted by Gasteiger charge is 2.09. The third kappa shape index (κ3) is 4.59. The van der Waals surface area contributed by atoms with Gasteiger partial charge in [-0.2, -0.15) is 13.5 Å². The fraction of sp³-hybridized carbons (Fsp3) is 0.0714. The summed E-state index contributed by atoms with van der Waals surface area (Å²) < 4.78 is 31.2. The summed E-state index contributed by atoms with van der Waals surface area (Å²) in [6.45, 7) is 1.84. The summed E-state index contributed by atoms with van der Waals surface area (Å²) in [7, 11) is -4.31. The Labute approximate surface area is 132 Å². The first-order valence-electron chi connectivity index (χ1n) is 6.42. The Morgan fingerprint density at radius 3 is 2.57 bits per heavy atom.